The molecule has 0 fully saturated rings. The van der Waals surface area contributed by atoms with Gasteiger partial charge < -0.3 is 4.98 Å². The molecule has 0 radical (unpaired) electrons. The number of aromatic nitrogens is 1. The van der Waals surface area contributed by atoms with Crippen molar-refractivity contribution in [2.45, 2.75) is 20.3 Å². The molecule has 0 aliphatic carbocycles. The van der Waals surface area contributed by atoms with Gasteiger partial charge in [0, 0.05) is 31.4 Å². The first-order chi connectivity index (χ1) is 6.81. The molecule has 0 saturated carbocycles. The summed E-state index contributed by atoms with van der Waals surface area (Å²) in [6, 6.07) is 4.01. The Labute approximate surface area is 106 Å². The molecule has 1 rings (SSSR count). The van der Waals surface area contributed by atoms with Crippen molar-refractivity contribution in [2.24, 2.45) is 0 Å². The number of hydrogen-bond donors (Lipinski definition) is 1. The van der Waals surface area contributed by atoms with Crippen molar-refractivity contribution in [1.29, 1.82) is 0 Å². The van der Waals surface area contributed by atoms with E-state index >= 15 is 0 Å². The molecule has 1 N–H and O–H groups in total. The minimum Gasteiger partial charge on any atom is -0.365 e. The fraction of sp³-hybridized carbons (Fsp3) is 0.231. The van der Waals surface area contributed by atoms with Crippen LogP contribution in [0.15, 0.2) is 55.3 Å². The molecular weight excluding hydrogens is 271 g/mol. The van der Waals surface area contributed by atoms with Gasteiger partial charge >= 0.3 is 0 Å². The molecule has 0 bridgehead atoms. The van der Waals surface area contributed by atoms with Gasteiger partial charge in [0.2, 0.25) is 0 Å². The van der Waals surface area contributed by atoms with Gasteiger partial charge in [-0.3, -0.25) is 0 Å². The quantitative estimate of drug-likeness (QED) is 0.492. The Morgan fingerprint density at radius 2 is 2.13 bits per heavy atom. The Kier molecular flexibility index (Phi) is 14.5. The molecule has 84 valence electrons. The zero-order valence-corrected chi connectivity index (χ0v) is 11.1. The van der Waals surface area contributed by atoms with E-state index in [0.29, 0.717) is 0 Å². The van der Waals surface area contributed by atoms with Crippen LogP contribution in [-0.2, 0) is 19.5 Å². The van der Waals surface area contributed by atoms with Crippen molar-refractivity contribution in [3.8, 4) is 0 Å². The summed E-state index contributed by atoms with van der Waals surface area (Å²) in [7, 11) is 0. The van der Waals surface area contributed by atoms with Gasteiger partial charge in [0.15, 0.2) is 0 Å². The van der Waals surface area contributed by atoms with E-state index in [2.05, 4.69) is 17.6 Å². The summed E-state index contributed by atoms with van der Waals surface area (Å²) < 4.78 is 0. The summed E-state index contributed by atoms with van der Waals surface area (Å²) in [6.45, 7) is 7.61. The molecule has 2 heteroatoms. The van der Waals surface area contributed by atoms with Crippen molar-refractivity contribution < 1.29 is 19.5 Å². The number of H-pyrrole nitrogens is 1. The minimum atomic E-state index is 0. The van der Waals surface area contributed by atoms with E-state index in [-0.39, 0.29) is 19.5 Å². The van der Waals surface area contributed by atoms with Crippen LogP contribution in [0, 0.1) is 6.92 Å². The first kappa shape index (κ1) is 16.5. The van der Waals surface area contributed by atoms with Gasteiger partial charge in [0.1, 0.15) is 0 Å². The second kappa shape index (κ2) is 13.1. The molecule has 0 spiro atoms. The number of nitrogens with one attached hydrogen (secondary N) is 1. The van der Waals surface area contributed by atoms with E-state index < -0.39 is 0 Å². The summed E-state index contributed by atoms with van der Waals surface area (Å²) in [5.41, 5.74) is 1.22. The molecule has 1 heterocycles. The predicted octanol–water partition coefficient (Wildman–Crippen LogP) is 4.02. The van der Waals surface area contributed by atoms with E-state index in [1.54, 1.807) is 0 Å². The molecule has 0 aromatic carbocycles. The maximum absolute atomic E-state index is 3.58. The second-order valence-electron chi connectivity index (χ2n) is 2.83. The zero-order chi connectivity index (χ0) is 10.6. The zero-order valence-electron chi connectivity index (χ0n) is 9.39. The Balaban J connectivity index is 0. The third kappa shape index (κ3) is 13.1. The van der Waals surface area contributed by atoms with Crippen molar-refractivity contribution in [3.63, 3.8) is 0 Å². The van der Waals surface area contributed by atoms with E-state index in [4.69, 9.17) is 0 Å². The van der Waals surface area contributed by atoms with Crippen LogP contribution in [0.4, 0.5) is 0 Å². The Morgan fingerprint density at radius 1 is 1.40 bits per heavy atom. The SMILES string of the molecule is C=CCC=CC=CC.Cc1ccc[nH]1.[Ru]. The topological polar surface area (TPSA) is 15.8 Å². The standard InChI is InChI=1S/C8H12.C5H7N.Ru/c1-3-5-7-8-6-4-2;1-5-3-2-4-6-5;/h3-4,6-8H,1,5H2,2H3;2-4,6H,1H3;. The average molecular weight is 290 g/mol. The molecule has 0 saturated heterocycles. The number of aryl methyl sites for hydroxylation is 1. The van der Waals surface area contributed by atoms with E-state index in [1.807, 2.05) is 56.5 Å². The van der Waals surface area contributed by atoms with Crippen LogP contribution in [0.1, 0.15) is 19.0 Å². The Hall–Kier alpha value is -0.877. The summed E-state index contributed by atoms with van der Waals surface area (Å²) in [5.74, 6) is 0. The molecule has 0 aliphatic heterocycles. The van der Waals surface area contributed by atoms with E-state index in [1.165, 1.54) is 5.69 Å². The van der Waals surface area contributed by atoms with Gasteiger partial charge in [-0.15, -0.1) is 6.58 Å². The first-order valence-corrected chi connectivity index (χ1v) is 4.80. The largest absolute Gasteiger partial charge is 0.365 e. The number of allylic oxidation sites excluding steroid dienone is 5. The minimum absolute atomic E-state index is 0. The Morgan fingerprint density at radius 3 is 2.47 bits per heavy atom. The monoisotopic (exact) mass is 291 g/mol. The molecular formula is C13H19NRu. The molecule has 15 heavy (non-hydrogen) atoms. The molecule has 0 aliphatic rings. The van der Waals surface area contributed by atoms with Crippen LogP contribution in [0.2, 0.25) is 0 Å². The number of hydrogen-bond acceptors (Lipinski definition) is 0. The molecule has 0 amide bonds. The number of aromatic amines is 1. The predicted molar refractivity (Wildman–Crippen MR) is 64.3 cm³/mol. The summed E-state index contributed by atoms with van der Waals surface area (Å²) in [6.07, 6.45) is 12.8. The van der Waals surface area contributed by atoms with Gasteiger partial charge in [0.25, 0.3) is 0 Å². The molecule has 0 unspecified atom stereocenters. The number of rotatable bonds is 3. The second-order valence-corrected chi connectivity index (χ2v) is 2.83. The third-order valence-electron chi connectivity index (χ3n) is 1.50. The van der Waals surface area contributed by atoms with Crippen LogP contribution in [0.25, 0.3) is 0 Å². The van der Waals surface area contributed by atoms with Crippen LogP contribution in [0.5, 0.6) is 0 Å². The van der Waals surface area contributed by atoms with Crippen molar-refractivity contribution in [3.05, 3.63) is 61.0 Å². The van der Waals surface area contributed by atoms with Crippen LogP contribution >= 0.6 is 0 Å². The molecule has 1 aromatic heterocycles. The van der Waals surface area contributed by atoms with Crippen molar-refractivity contribution in [1.82, 2.24) is 4.98 Å². The van der Waals surface area contributed by atoms with Crippen LogP contribution in [-0.4, -0.2) is 4.98 Å². The molecule has 1 nitrogen and oxygen atoms in total. The summed E-state index contributed by atoms with van der Waals surface area (Å²) in [4.78, 5) is 3.00. The molecule has 1 aromatic rings. The fourth-order valence-corrected chi connectivity index (χ4v) is 0.785. The van der Waals surface area contributed by atoms with Crippen LogP contribution in [0.3, 0.4) is 0 Å². The molecule has 0 atom stereocenters. The summed E-state index contributed by atoms with van der Waals surface area (Å²) >= 11 is 0. The van der Waals surface area contributed by atoms with E-state index in [9.17, 15) is 0 Å². The van der Waals surface area contributed by atoms with Gasteiger partial charge in [-0.2, -0.15) is 0 Å². The van der Waals surface area contributed by atoms with Gasteiger partial charge in [-0.25, -0.2) is 0 Å². The maximum atomic E-state index is 3.58. The van der Waals surface area contributed by atoms with Crippen molar-refractivity contribution >= 4 is 0 Å². The van der Waals surface area contributed by atoms with Gasteiger partial charge in [-0.05, 0) is 32.4 Å². The van der Waals surface area contributed by atoms with E-state index in [0.717, 1.165) is 6.42 Å². The Bertz CT molecular complexity index is 271. The smallest absolute Gasteiger partial charge is 0.0115 e. The van der Waals surface area contributed by atoms with Crippen LogP contribution < -0.4 is 0 Å². The van der Waals surface area contributed by atoms with Crippen molar-refractivity contribution in [2.75, 3.05) is 0 Å². The maximum Gasteiger partial charge on any atom is 0.0115 e. The third-order valence-corrected chi connectivity index (χ3v) is 1.50. The van der Waals surface area contributed by atoms with Gasteiger partial charge in [0.05, 0.1) is 0 Å². The average Bonchev–Trinajstić information content (AvgIpc) is 2.65. The first-order valence-electron chi connectivity index (χ1n) is 4.80. The normalized spacial score (nSPS) is 9.47. The fourth-order valence-electron chi connectivity index (χ4n) is 0.785. The van der Waals surface area contributed by atoms with Gasteiger partial charge in [-0.1, -0.05) is 30.4 Å². The summed E-state index contributed by atoms with van der Waals surface area (Å²) in [5, 5.41) is 0.